The van der Waals surface area contributed by atoms with E-state index < -0.39 is 10.0 Å². The van der Waals surface area contributed by atoms with E-state index in [1.54, 1.807) is 19.2 Å². The molecule has 0 aliphatic carbocycles. The van der Waals surface area contributed by atoms with Crippen molar-refractivity contribution in [3.05, 3.63) is 29.8 Å². The zero-order valence-corrected chi connectivity index (χ0v) is 12.8. The fourth-order valence-electron chi connectivity index (χ4n) is 1.76. The third kappa shape index (κ3) is 4.60. The predicted molar refractivity (Wildman–Crippen MR) is 76.8 cm³/mol. The van der Waals surface area contributed by atoms with Crippen molar-refractivity contribution >= 4 is 10.0 Å². The van der Waals surface area contributed by atoms with E-state index in [4.69, 9.17) is 4.74 Å². The number of nitrogens with one attached hydrogen (secondary N) is 1. The molecule has 1 aromatic carbocycles. The van der Waals surface area contributed by atoms with Gasteiger partial charge in [-0.3, -0.25) is 0 Å². The standard InChI is InChI=1S/C14H23NO3S/c1-5-13(10-18-4)15-19(16,17)14-8-6-12(7-9-14)11(2)3/h6-9,11,13,15H,5,10H2,1-4H3. The van der Waals surface area contributed by atoms with Crippen molar-refractivity contribution in [3.8, 4) is 0 Å². The number of hydrogen-bond donors (Lipinski definition) is 1. The van der Waals surface area contributed by atoms with Crippen molar-refractivity contribution in [1.82, 2.24) is 4.72 Å². The highest BCUT2D eigenvalue weighted by molar-refractivity contribution is 7.89. The van der Waals surface area contributed by atoms with E-state index in [0.717, 1.165) is 5.56 Å². The van der Waals surface area contributed by atoms with Crippen molar-refractivity contribution in [2.45, 2.75) is 44.0 Å². The molecular weight excluding hydrogens is 262 g/mol. The minimum absolute atomic E-state index is 0.195. The smallest absolute Gasteiger partial charge is 0.240 e. The van der Waals surface area contributed by atoms with Gasteiger partial charge in [0.2, 0.25) is 10.0 Å². The molecule has 1 rings (SSSR count). The molecule has 0 aliphatic heterocycles. The van der Waals surface area contributed by atoms with Gasteiger partial charge in [-0.05, 0) is 30.0 Å². The average molecular weight is 285 g/mol. The second kappa shape index (κ2) is 7.03. The molecule has 19 heavy (non-hydrogen) atoms. The summed E-state index contributed by atoms with van der Waals surface area (Å²) in [5, 5.41) is 0. The molecule has 0 aromatic heterocycles. The summed E-state index contributed by atoms with van der Waals surface area (Å²) in [7, 11) is -1.90. The molecule has 0 aliphatic rings. The van der Waals surface area contributed by atoms with Gasteiger partial charge in [0.25, 0.3) is 0 Å². The van der Waals surface area contributed by atoms with Crippen LogP contribution in [-0.4, -0.2) is 28.2 Å². The molecule has 0 spiro atoms. The van der Waals surface area contributed by atoms with Crippen LogP contribution in [0.15, 0.2) is 29.2 Å². The zero-order valence-electron chi connectivity index (χ0n) is 12.0. The number of hydrogen-bond acceptors (Lipinski definition) is 3. The lowest BCUT2D eigenvalue weighted by Crippen LogP contribution is -2.37. The fraction of sp³-hybridized carbons (Fsp3) is 0.571. The Labute approximate surface area is 116 Å². The van der Waals surface area contributed by atoms with Crippen LogP contribution in [0.1, 0.15) is 38.7 Å². The second-order valence-electron chi connectivity index (χ2n) is 4.91. The molecule has 0 heterocycles. The molecule has 1 atom stereocenters. The molecule has 0 fully saturated rings. The topological polar surface area (TPSA) is 55.4 Å². The van der Waals surface area contributed by atoms with Crippen LogP contribution in [0.5, 0.6) is 0 Å². The Kier molecular flexibility index (Phi) is 5.97. The number of sulfonamides is 1. The Hall–Kier alpha value is -0.910. The second-order valence-corrected chi connectivity index (χ2v) is 6.62. The van der Waals surface area contributed by atoms with Crippen molar-refractivity contribution in [2.75, 3.05) is 13.7 Å². The lowest BCUT2D eigenvalue weighted by Gasteiger charge is -2.16. The summed E-state index contributed by atoms with van der Waals surface area (Å²) >= 11 is 0. The third-order valence-corrected chi connectivity index (χ3v) is 4.58. The maximum atomic E-state index is 12.2. The molecule has 1 unspecified atom stereocenters. The first-order valence-electron chi connectivity index (χ1n) is 6.52. The Morgan fingerprint density at radius 2 is 1.79 bits per heavy atom. The van der Waals surface area contributed by atoms with E-state index >= 15 is 0 Å². The quantitative estimate of drug-likeness (QED) is 0.837. The van der Waals surface area contributed by atoms with Crippen molar-refractivity contribution in [3.63, 3.8) is 0 Å². The summed E-state index contributed by atoms with van der Waals surface area (Å²) in [6.45, 7) is 6.45. The molecule has 4 nitrogen and oxygen atoms in total. The Balaban J connectivity index is 2.87. The minimum atomic E-state index is -3.47. The normalized spacial score (nSPS) is 13.7. The van der Waals surface area contributed by atoms with Gasteiger partial charge in [0, 0.05) is 13.2 Å². The van der Waals surface area contributed by atoms with E-state index in [9.17, 15) is 8.42 Å². The van der Waals surface area contributed by atoms with Gasteiger partial charge in [-0.2, -0.15) is 0 Å². The van der Waals surface area contributed by atoms with E-state index in [1.165, 1.54) is 0 Å². The summed E-state index contributed by atoms with van der Waals surface area (Å²) in [5.41, 5.74) is 1.13. The van der Waals surface area contributed by atoms with Crippen LogP contribution in [0, 0.1) is 0 Å². The predicted octanol–water partition coefficient (Wildman–Crippen LogP) is 2.51. The lowest BCUT2D eigenvalue weighted by atomic mass is 10.0. The Bertz CT molecular complexity index is 480. The van der Waals surface area contributed by atoms with Gasteiger partial charge in [0.1, 0.15) is 0 Å². The van der Waals surface area contributed by atoms with Gasteiger partial charge in [0.05, 0.1) is 11.5 Å². The lowest BCUT2D eigenvalue weighted by molar-refractivity contribution is 0.173. The highest BCUT2D eigenvalue weighted by Gasteiger charge is 2.18. The largest absolute Gasteiger partial charge is 0.383 e. The molecule has 0 saturated heterocycles. The molecule has 1 N–H and O–H groups in total. The van der Waals surface area contributed by atoms with Crippen molar-refractivity contribution < 1.29 is 13.2 Å². The zero-order chi connectivity index (χ0) is 14.5. The molecule has 0 amide bonds. The van der Waals surface area contributed by atoms with E-state index in [1.807, 2.05) is 19.1 Å². The molecule has 0 bridgehead atoms. The van der Waals surface area contributed by atoms with Crippen LogP contribution in [0.4, 0.5) is 0 Å². The maximum Gasteiger partial charge on any atom is 0.240 e. The summed E-state index contributed by atoms with van der Waals surface area (Å²) in [6, 6.07) is 6.82. The van der Waals surface area contributed by atoms with Gasteiger partial charge in [-0.25, -0.2) is 13.1 Å². The van der Waals surface area contributed by atoms with Gasteiger partial charge in [0.15, 0.2) is 0 Å². The number of ether oxygens (including phenoxy) is 1. The summed E-state index contributed by atoms with van der Waals surface area (Å²) < 4.78 is 32.0. The van der Waals surface area contributed by atoms with E-state index in [0.29, 0.717) is 23.8 Å². The van der Waals surface area contributed by atoms with Gasteiger partial charge >= 0.3 is 0 Å². The highest BCUT2D eigenvalue weighted by atomic mass is 32.2. The van der Waals surface area contributed by atoms with Crippen LogP contribution in [-0.2, 0) is 14.8 Å². The van der Waals surface area contributed by atoms with E-state index in [2.05, 4.69) is 18.6 Å². The molecular formula is C14H23NO3S. The van der Waals surface area contributed by atoms with Crippen LogP contribution >= 0.6 is 0 Å². The first-order chi connectivity index (χ1) is 8.90. The Morgan fingerprint density at radius 3 is 2.21 bits per heavy atom. The van der Waals surface area contributed by atoms with Crippen LogP contribution in [0.25, 0.3) is 0 Å². The molecule has 0 saturated carbocycles. The number of benzene rings is 1. The monoisotopic (exact) mass is 285 g/mol. The summed E-state index contributed by atoms with van der Waals surface area (Å²) in [6.07, 6.45) is 0.692. The van der Waals surface area contributed by atoms with Crippen molar-refractivity contribution in [2.24, 2.45) is 0 Å². The summed E-state index contributed by atoms with van der Waals surface area (Å²) in [4.78, 5) is 0.298. The third-order valence-electron chi connectivity index (χ3n) is 3.04. The molecule has 5 heteroatoms. The van der Waals surface area contributed by atoms with Crippen molar-refractivity contribution in [1.29, 1.82) is 0 Å². The highest BCUT2D eigenvalue weighted by Crippen LogP contribution is 2.17. The first kappa shape index (κ1) is 16.1. The number of rotatable bonds is 7. The Morgan fingerprint density at radius 1 is 1.21 bits per heavy atom. The van der Waals surface area contributed by atoms with Gasteiger partial charge in [-0.15, -0.1) is 0 Å². The maximum absolute atomic E-state index is 12.2. The van der Waals surface area contributed by atoms with Gasteiger partial charge in [-0.1, -0.05) is 32.9 Å². The SMILES string of the molecule is CCC(COC)NS(=O)(=O)c1ccc(C(C)C)cc1. The van der Waals surface area contributed by atoms with Crippen LogP contribution in [0.3, 0.4) is 0 Å². The van der Waals surface area contributed by atoms with E-state index in [-0.39, 0.29) is 6.04 Å². The summed E-state index contributed by atoms with van der Waals surface area (Å²) in [5.74, 6) is 0.390. The average Bonchev–Trinajstić information content (AvgIpc) is 2.38. The van der Waals surface area contributed by atoms with Gasteiger partial charge < -0.3 is 4.74 Å². The molecule has 0 radical (unpaired) electrons. The first-order valence-corrected chi connectivity index (χ1v) is 8.00. The van der Waals surface area contributed by atoms with Crippen LogP contribution < -0.4 is 4.72 Å². The van der Waals surface area contributed by atoms with Crippen LogP contribution in [0.2, 0.25) is 0 Å². The number of methoxy groups -OCH3 is 1. The minimum Gasteiger partial charge on any atom is -0.383 e. The molecule has 108 valence electrons. The molecule has 1 aromatic rings. The fourth-order valence-corrected chi connectivity index (χ4v) is 3.06.